The number of benzene rings is 2. The Balaban J connectivity index is 1.95. The van der Waals surface area contributed by atoms with E-state index in [1.165, 1.54) is 0 Å². The Hall–Kier alpha value is -2.09. The second kappa shape index (κ2) is 8.14. The van der Waals surface area contributed by atoms with Crippen LogP contribution in [0.4, 0.5) is 0 Å². The number of hydrazine groups is 1. The van der Waals surface area contributed by atoms with Gasteiger partial charge in [0.1, 0.15) is 5.75 Å². The maximum absolute atomic E-state index is 12.1. The number of hydrogen-bond donors (Lipinski definition) is 2. The van der Waals surface area contributed by atoms with Crippen LogP contribution in [0, 0.1) is 17.4 Å². The SMILES string of the molecule is Cc1cccc(C)c1OC(C)C(=O)NNC(=O)c1ccccc1I. The summed E-state index contributed by atoms with van der Waals surface area (Å²) >= 11 is 2.07. The molecule has 0 bridgehead atoms. The van der Waals surface area contributed by atoms with E-state index in [0.717, 1.165) is 14.7 Å². The summed E-state index contributed by atoms with van der Waals surface area (Å²) < 4.78 is 6.54. The zero-order valence-corrected chi connectivity index (χ0v) is 15.9. The number of carbonyl (C=O) groups excluding carboxylic acids is 2. The largest absolute Gasteiger partial charge is 0.480 e. The molecule has 2 aromatic carbocycles. The van der Waals surface area contributed by atoms with Crippen LogP contribution in [0.3, 0.4) is 0 Å². The van der Waals surface area contributed by atoms with Gasteiger partial charge in [-0.2, -0.15) is 0 Å². The topological polar surface area (TPSA) is 67.4 Å². The van der Waals surface area contributed by atoms with Gasteiger partial charge in [0.25, 0.3) is 11.8 Å². The van der Waals surface area contributed by atoms with E-state index in [-0.39, 0.29) is 5.91 Å². The Kier molecular flexibility index (Phi) is 6.19. The van der Waals surface area contributed by atoms with Gasteiger partial charge < -0.3 is 4.74 Å². The van der Waals surface area contributed by atoms with Crippen LogP contribution in [0.5, 0.6) is 5.75 Å². The van der Waals surface area contributed by atoms with Crippen molar-refractivity contribution in [3.8, 4) is 5.75 Å². The fourth-order valence-corrected chi connectivity index (χ4v) is 2.78. The van der Waals surface area contributed by atoms with Crippen molar-refractivity contribution < 1.29 is 14.3 Å². The average Bonchev–Trinajstić information content (AvgIpc) is 2.56. The monoisotopic (exact) mass is 438 g/mol. The first-order valence-electron chi connectivity index (χ1n) is 7.47. The van der Waals surface area contributed by atoms with Gasteiger partial charge in [-0.1, -0.05) is 30.3 Å². The molecule has 0 heterocycles. The van der Waals surface area contributed by atoms with Crippen LogP contribution >= 0.6 is 22.6 Å². The Morgan fingerprint density at radius 1 is 1.00 bits per heavy atom. The molecule has 0 aromatic heterocycles. The number of para-hydroxylation sites is 1. The zero-order chi connectivity index (χ0) is 17.7. The van der Waals surface area contributed by atoms with E-state index in [0.29, 0.717) is 11.3 Å². The number of halogens is 1. The van der Waals surface area contributed by atoms with Crippen LogP contribution in [0.2, 0.25) is 0 Å². The number of carbonyl (C=O) groups is 2. The molecule has 2 aromatic rings. The Bertz CT molecular complexity index is 741. The van der Waals surface area contributed by atoms with Gasteiger partial charge in [0.15, 0.2) is 6.10 Å². The molecule has 126 valence electrons. The molecule has 0 spiro atoms. The molecule has 0 radical (unpaired) electrons. The van der Waals surface area contributed by atoms with E-state index in [2.05, 4.69) is 33.4 Å². The highest BCUT2D eigenvalue weighted by Crippen LogP contribution is 2.23. The van der Waals surface area contributed by atoms with Gasteiger partial charge in [-0.05, 0) is 66.6 Å². The van der Waals surface area contributed by atoms with Gasteiger partial charge in [-0.15, -0.1) is 0 Å². The number of aryl methyl sites for hydroxylation is 2. The molecular weight excluding hydrogens is 419 g/mol. The summed E-state index contributed by atoms with van der Waals surface area (Å²) in [4.78, 5) is 24.2. The Morgan fingerprint density at radius 2 is 1.62 bits per heavy atom. The van der Waals surface area contributed by atoms with Crippen LogP contribution in [-0.2, 0) is 4.79 Å². The highest BCUT2D eigenvalue weighted by Gasteiger charge is 2.18. The number of amides is 2. The third kappa shape index (κ3) is 4.47. The van der Waals surface area contributed by atoms with Crippen molar-refractivity contribution in [2.75, 3.05) is 0 Å². The van der Waals surface area contributed by atoms with Crippen molar-refractivity contribution in [1.29, 1.82) is 0 Å². The van der Waals surface area contributed by atoms with Crippen molar-refractivity contribution in [2.45, 2.75) is 26.9 Å². The minimum Gasteiger partial charge on any atom is -0.480 e. The van der Waals surface area contributed by atoms with Crippen LogP contribution in [0.1, 0.15) is 28.4 Å². The summed E-state index contributed by atoms with van der Waals surface area (Å²) in [5, 5.41) is 0. The molecule has 1 unspecified atom stereocenters. The molecule has 2 N–H and O–H groups in total. The highest BCUT2D eigenvalue weighted by molar-refractivity contribution is 14.1. The summed E-state index contributed by atoms with van der Waals surface area (Å²) in [5.41, 5.74) is 7.23. The van der Waals surface area contributed by atoms with Crippen molar-refractivity contribution in [3.63, 3.8) is 0 Å². The molecule has 24 heavy (non-hydrogen) atoms. The summed E-state index contributed by atoms with van der Waals surface area (Å²) in [7, 11) is 0. The molecule has 0 saturated heterocycles. The fourth-order valence-electron chi connectivity index (χ4n) is 2.15. The van der Waals surface area contributed by atoms with Crippen molar-refractivity contribution >= 4 is 34.4 Å². The van der Waals surface area contributed by atoms with Crippen molar-refractivity contribution in [1.82, 2.24) is 10.9 Å². The first kappa shape index (κ1) is 18.3. The molecule has 0 aliphatic carbocycles. The van der Waals surface area contributed by atoms with E-state index in [1.807, 2.05) is 44.2 Å². The molecule has 5 nitrogen and oxygen atoms in total. The lowest BCUT2D eigenvalue weighted by molar-refractivity contribution is -0.128. The third-order valence-corrected chi connectivity index (χ3v) is 4.43. The maximum Gasteiger partial charge on any atom is 0.279 e. The molecule has 2 amide bonds. The van der Waals surface area contributed by atoms with Crippen LogP contribution in [-0.4, -0.2) is 17.9 Å². The second-order valence-electron chi connectivity index (χ2n) is 5.40. The normalized spacial score (nSPS) is 11.5. The van der Waals surface area contributed by atoms with Gasteiger partial charge in [0, 0.05) is 3.57 Å². The summed E-state index contributed by atoms with van der Waals surface area (Å²) in [6, 6.07) is 12.9. The van der Waals surface area contributed by atoms with Crippen LogP contribution in [0.25, 0.3) is 0 Å². The summed E-state index contributed by atoms with van der Waals surface area (Å²) in [6.07, 6.45) is -0.736. The van der Waals surface area contributed by atoms with E-state index in [1.54, 1.807) is 19.1 Å². The lowest BCUT2D eigenvalue weighted by Gasteiger charge is -2.18. The van der Waals surface area contributed by atoms with E-state index in [4.69, 9.17) is 4.74 Å². The van der Waals surface area contributed by atoms with Gasteiger partial charge in [0.05, 0.1) is 5.56 Å². The number of nitrogens with one attached hydrogen (secondary N) is 2. The predicted molar refractivity (Wildman–Crippen MR) is 101 cm³/mol. The van der Waals surface area contributed by atoms with Crippen LogP contribution in [0.15, 0.2) is 42.5 Å². The summed E-state index contributed by atoms with van der Waals surface area (Å²) in [6.45, 7) is 5.48. The highest BCUT2D eigenvalue weighted by atomic mass is 127. The Labute approximate surface area is 154 Å². The molecule has 0 saturated carbocycles. The lowest BCUT2D eigenvalue weighted by atomic mass is 10.1. The van der Waals surface area contributed by atoms with Gasteiger partial charge in [-0.25, -0.2) is 0 Å². The molecule has 1 atom stereocenters. The van der Waals surface area contributed by atoms with Crippen LogP contribution < -0.4 is 15.6 Å². The van der Waals surface area contributed by atoms with E-state index < -0.39 is 12.0 Å². The Morgan fingerprint density at radius 3 is 2.25 bits per heavy atom. The first-order valence-corrected chi connectivity index (χ1v) is 8.55. The molecule has 0 aliphatic heterocycles. The maximum atomic E-state index is 12.1. The first-order chi connectivity index (χ1) is 11.4. The molecular formula is C18H19IN2O3. The summed E-state index contributed by atoms with van der Waals surface area (Å²) in [5.74, 6) is -0.103. The number of rotatable bonds is 4. The van der Waals surface area contributed by atoms with Crippen molar-refractivity contribution in [2.24, 2.45) is 0 Å². The fraction of sp³-hybridized carbons (Fsp3) is 0.222. The zero-order valence-electron chi connectivity index (χ0n) is 13.7. The second-order valence-corrected chi connectivity index (χ2v) is 6.57. The smallest absolute Gasteiger partial charge is 0.279 e. The van der Waals surface area contributed by atoms with E-state index >= 15 is 0 Å². The number of ether oxygens (including phenoxy) is 1. The van der Waals surface area contributed by atoms with Gasteiger partial charge in [0.2, 0.25) is 0 Å². The lowest BCUT2D eigenvalue weighted by Crippen LogP contribution is -2.47. The van der Waals surface area contributed by atoms with E-state index in [9.17, 15) is 9.59 Å². The average molecular weight is 438 g/mol. The standard InChI is InChI=1S/C18H19IN2O3/c1-11-7-6-8-12(2)16(11)24-13(3)17(22)20-21-18(23)14-9-4-5-10-15(14)19/h4-10,13H,1-3H3,(H,20,22)(H,21,23). The quantitative estimate of drug-likeness (QED) is 0.570. The predicted octanol–water partition coefficient (Wildman–Crippen LogP) is 3.14. The molecule has 0 fully saturated rings. The number of hydrogen-bond acceptors (Lipinski definition) is 3. The minimum atomic E-state index is -0.736. The van der Waals surface area contributed by atoms with Gasteiger partial charge in [-0.3, -0.25) is 20.4 Å². The molecule has 2 rings (SSSR count). The third-order valence-electron chi connectivity index (χ3n) is 3.49. The van der Waals surface area contributed by atoms with Crippen molar-refractivity contribution in [3.05, 3.63) is 62.7 Å². The molecule has 0 aliphatic rings. The van der Waals surface area contributed by atoms with Gasteiger partial charge >= 0.3 is 0 Å². The molecule has 6 heteroatoms. The minimum absolute atomic E-state index is 0.368.